The molecule has 0 aliphatic rings. The molecule has 0 aromatic heterocycles. The van der Waals surface area contributed by atoms with E-state index in [0.717, 1.165) is 25.7 Å². The molecule has 1 N–H and O–H groups in total. The molecule has 0 bridgehead atoms. The lowest BCUT2D eigenvalue weighted by molar-refractivity contribution is -0.138. The first-order chi connectivity index (χ1) is 7.11. The molecule has 0 fully saturated rings. The van der Waals surface area contributed by atoms with Crippen molar-refractivity contribution in [2.24, 2.45) is 0 Å². The van der Waals surface area contributed by atoms with E-state index >= 15 is 0 Å². The summed E-state index contributed by atoms with van der Waals surface area (Å²) in [5, 5.41) is 2.58. The van der Waals surface area contributed by atoms with Crippen molar-refractivity contribution in [3.8, 4) is 0 Å². The fourth-order valence-corrected chi connectivity index (χ4v) is 1.52. The van der Waals surface area contributed by atoms with Crippen molar-refractivity contribution < 1.29 is 14.1 Å². The van der Waals surface area contributed by atoms with Gasteiger partial charge in [0, 0.05) is 6.92 Å². The predicted molar refractivity (Wildman–Crippen MR) is 62.2 cm³/mol. The monoisotopic (exact) mass is 233 g/mol. The standard InChI is InChI=1S/C10H20NO3P/c1-3-4-5-6-7-9(10(13)14-15)11-8(2)12/h9H,3-7,15H2,1-2H3,(H,11,12). The molecule has 0 saturated heterocycles. The van der Waals surface area contributed by atoms with Crippen molar-refractivity contribution in [3.63, 3.8) is 0 Å². The van der Waals surface area contributed by atoms with Gasteiger partial charge in [0.15, 0.2) is 0 Å². The number of nitrogens with one attached hydrogen (secondary N) is 1. The summed E-state index contributed by atoms with van der Waals surface area (Å²) in [6.07, 6.45) is 4.96. The van der Waals surface area contributed by atoms with Crippen LogP contribution in [-0.2, 0) is 14.1 Å². The van der Waals surface area contributed by atoms with Crippen molar-refractivity contribution in [1.82, 2.24) is 5.32 Å². The van der Waals surface area contributed by atoms with Gasteiger partial charge < -0.3 is 9.84 Å². The molecular weight excluding hydrogens is 213 g/mol. The molecule has 0 aliphatic carbocycles. The summed E-state index contributed by atoms with van der Waals surface area (Å²) < 4.78 is 4.53. The average molecular weight is 233 g/mol. The highest BCUT2D eigenvalue weighted by molar-refractivity contribution is 7.10. The molecule has 4 nitrogen and oxygen atoms in total. The van der Waals surface area contributed by atoms with E-state index in [2.05, 4.69) is 16.8 Å². The molecule has 2 unspecified atom stereocenters. The number of rotatable bonds is 7. The molecule has 0 saturated carbocycles. The number of hydrogen-bond acceptors (Lipinski definition) is 3. The maximum atomic E-state index is 11.3. The van der Waals surface area contributed by atoms with Crippen LogP contribution in [0.25, 0.3) is 0 Å². The van der Waals surface area contributed by atoms with Crippen LogP contribution in [0.1, 0.15) is 46.0 Å². The second-order valence-corrected chi connectivity index (χ2v) is 3.78. The van der Waals surface area contributed by atoms with E-state index < -0.39 is 12.0 Å². The molecule has 1 amide bonds. The Balaban J connectivity index is 3.90. The number of unbranched alkanes of at least 4 members (excludes halogenated alkanes) is 3. The Morgan fingerprint density at radius 1 is 1.33 bits per heavy atom. The average Bonchev–Trinajstić information content (AvgIpc) is 2.21. The zero-order valence-electron chi connectivity index (χ0n) is 9.41. The molecule has 15 heavy (non-hydrogen) atoms. The van der Waals surface area contributed by atoms with Gasteiger partial charge in [-0.1, -0.05) is 32.6 Å². The zero-order chi connectivity index (χ0) is 11.7. The van der Waals surface area contributed by atoms with Gasteiger partial charge in [0.2, 0.25) is 5.91 Å². The van der Waals surface area contributed by atoms with Gasteiger partial charge in [-0.25, -0.2) is 4.79 Å². The summed E-state index contributed by atoms with van der Waals surface area (Å²) >= 11 is 0. The highest BCUT2D eigenvalue weighted by atomic mass is 31.0. The van der Waals surface area contributed by atoms with Gasteiger partial charge in [0.25, 0.3) is 0 Å². The third-order valence-corrected chi connectivity index (χ3v) is 2.36. The zero-order valence-corrected chi connectivity index (χ0v) is 10.6. The van der Waals surface area contributed by atoms with Crippen LogP contribution in [0.15, 0.2) is 0 Å². The Morgan fingerprint density at radius 3 is 2.47 bits per heavy atom. The summed E-state index contributed by atoms with van der Waals surface area (Å²) in [5.74, 6) is -0.599. The minimum absolute atomic E-state index is 0.203. The van der Waals surface area contributed by atoms with Crippen molar-refractivity contribution >= 4 is 21.3 Å². The number of hydrogen-bond donors (Lipinski definition) is 1. The van der Waals surface area contributed by atoms with Gasteiger partial charge in [0.1, 0.15) is 6.04 Å². The summed E-state index contributed by atoms with van der Waals surface area (Å²) in [4.78, 5) is 22.1. The van der Waals surface area contributed by atoms with Crippen LogP contribution in [0.2, 0.25) is 0 Å². The molecular formula is C10H20NO3P. The minimum atomic E-state index is -0.503. The molecule has 0 radical (unpaired) electrons. The van der Waals surface area contributed by atoms with Crippen LogP contribution in [0.3, 0.4) is 0 Å². The Bertz CT molecular complexity index is 209. The molecule has 0 aromatic carbocycles. The maximum absolute atomic E-state index is 11.3. The van der Waals surface area contributed by atoms with E-state index in [1.54, 1.807) is 0 Å². The fourth-order valence-electron chi connectivity index (χ4n) is 1.35. The summed E-state index contributed by atoms with van der Waals surface area (Å²) in [5.41, 5.74) is 0. The Kier molecular flexibility index (Phi) is 8.30. The molecule has 0 aromatic rings. The number of carbonyl (C=O) groups excluding carboxylic acids is 2. The first-order valence-electron chi connectivity index (χ1n) is 5.29. The van der Waals surface area contributed by atoms with Gasteiger partial charge >= 0.3 is 5.97 Å². The quantitative estimate of drug-likeness (QED) is 0.539. The van der Waals surface area contributed by atoms with E-state index in [0.29, 0.717) is 6.42 Å². The highest BCUT2D eigenvalue weighted by Gasteiger charge is 2.19. The Labute approximate surface area is 93.4 Å². The van der Waals surface area contributed by atoms with Crippen LogP contribution < -0.4 is 5.32 Å². The van der Waals surface area contributed by atoms with Crippen LogP contribution in [-0.4, -0.2) is 17.9 Å². The van der Waals surface area contributed by atoms with E-state index in [-0.39, 0.29) is 5.91 Å². The normalized spacial score (nSPS) is 11.9. The van der Waals surface area contributed by atoms with Crippen LogP contribution in [0, 0.1) is 0 Å². The summed E-state index contributed by atoms with van der Waals surface area (Å²) in [6.45, 7) is 3.53. The first-order valence-corrected chi connectivity index (χ1v) is 5.76. The fraction of sp³-hybridized carbons (Fsp3) is 0.800. The topological polar surface area (TPSA) is 55.4 Å². The van der Waals surface area contributed by atoms with Crippen LogP contribution >= 0.6 is 9.47 Å². The largest absolute Gasteiger partial charge is 0.450 e. The molecule has 2 atom stereocenters. The molecule has 0 spiro atoms. The Hall–Kier alpha value is -0.630. The van der Waals surface area contributed by atoms with Crippen LogP contribution in [0.5, 0.6) is 0 Å². The van der Waals surface area contributed by atoms with Crippen molar-refractivity contribution in [2.75, 3.05) is 0 Å². The third-order valence-electron chi connectivity index (χ3n) is 2.12. The van der Waals surface area contributed by atoms with Crippen LogP contribution in [0.4, 0.5) is 0 Å². The van der Waals surface area contributed by atoms with Crippen molar-refractivity contribution in [1.29, 1.82) is 0 Å². The Morgan fingerprint density at radius 2 is 2.00 bits per heavy atom. The second-order valence-electron chi connectivity index (χ2n) is 3.54. The first kappa shape index (κ1) is 14.4. The maximum Gasteiger partial charge on any atom is 0.330 e. The molecule has 5 heteroatoms. The second kappa shape index (κ2) is 8.66. The lowest BCUT2D eigenvalue weighted by Gasteiger charge is -2.14. The lowest BCUT2D eigenvalue weighted by atomic mass is 10.1. The van der Waals surface area contributed by atoms with Gasteiger partial charge in [-0.05, 0) is 6.42 Å². The highest BCUT2D eigenvalue weighted by Crippen LogP contribution is 2.08. The predicted octanol–water partition coefficient (Wildman–Crippen LogP) is 1.79. The summed E-state index contributed by atoms with van der Waals surface area (Å²) in [6, 6.07) is -0.503. The summed E-state index contributed by atoms with van der Waals surface area (Å²) in [7, 11) is 1.91. The van der Waals surface area contributed by atoms with Gasteiger partial charge in [-0.15, -0.1) is 0 Å². The van der Waals surface area contributed by atoms with Gasteiger partial charge in [-0.3, -0.25) is 4.79 Å². The molecule has 0 heterocycles. The number of amides is 1. The van der Waals surface area contributed by atoms with E-state index in [1.807, 2.05) is 9.47 Å². The third kappa shape index (κ3) is 7.32. The minimum Gasteiger partial charge on any atom is -0.450 e. The van der Waals surface area contributed by atoms with E-state index in [9.17, 15) is 9.59 Å². The molecule has 0 rings (SSSR count). The van der Waals surface area contributed by atoms with Gasteiger partial charge in [0.05, 0.1) is 9.47 Å². The number of carbonyl (C=O) groups is 2. The van der Waals surface area contributed by atoms with Gasteiger partial charge in [-0.2, -0.15) is 0 Å². The SMILES string of the molecule is CCCCCCC(NC(C)=O)C(=O)OP. The van der Waals surface area contributed by atoms with Crippen molar-refractivity contribution in [2.45, 2.75) is 52.0 Å². The lowest BCUT2D eigenvalue weighted by Crippen LogP contribution is -2.39. The van der Waals surface area contributed by atoms with E-state index in [4.69, 9.17) is 0 Å². The molecule has 0 aliphatic heterocycles. The van der Waals surface area contributed by atoms with Crippen molar-refractivity contribution in [3.05, 3.63) is 0 Å². The smallest absolute Gasteiger partial charge is 0.330 e. The van der Waals surface area contributed by atoms with E-state index in [1.165, 1.54) is 6.92 Å². The molecule has 88 valence electrons.